The Kier molecular flexibility index (Phi) is 7.02. The number of esters is 1. The van der Waals surface area contributed by atoms with Gasteiger partial charge < -0.3 is 18.6 Å². The zero-order chi connectivity index (χ0) is 29.7. The number of ketones is 1. The van der Waals surface area contributed by atoms with Crippen LogP contribution in [0.15, 0.2) is 59.4 Å². The summed E-state index contributed by atoms with van der Waals surface area (Å²) in [6, 6.07) is 5.90. The molecule has 0 bridgehead atoms. The van der Waals surface area contributed by atoms with E-state index in [0.29, 0.717) is 17.4 Å². The second-order valence-corrected chi connectivity index (χ2v) is 11.0. The van der Waals surface area contributed by atoms with E-state index in [1.807, 2.05) is 19.0 Å². The molecule has 1 aliphatic carbocycles. The molecule has 216 valence electrons. The van der Waals surface area contributed by atoms with Crippen molar-refractivity contribution in [3.63, 3.8) is 0 Å². The first-order chi connectivity index (χ1) is 20.1. The second kappa shape index (κ2) is 10.7. The number of hydrogen-bond acceptors (Lipinski definition) is 6. The minimum absolute atomic E-state index is 0.0260. The first-order valence-electron chi connectivity index (χ1n) is 13.8. The number of rotatable bonds is 8. The molecule has 8 nitrogen and oxygen atoms in total. The minimum Gasteiger partial charge on any atom is -0.463 e. The van der Waals surface area contributed by atoms with Crippen molar-refractivity contribution in [2.75, 3.05) is 20.6 Å². The van der Waals surface area contributed by atoms with Crippen molar-refractivity contribution >= 4 is 50.1 Å². The van der Waals surface area contributed by atoms with Gasteiger partial charge in [0.2, 0.25) is 0 Å². The summed E-state index contributed by atoms with van der Waals surface area (Å²) in [6.45, 7) is 4.61. The minimum atomic E-state index is -0.711. The van der Waals surface area contributed by atoms with Crippen molar-refractivity contribution < 1.29 is 27.5 Å². The Morgan fingerprint density at radius 2 is 1.95 bits per heavy atom. The van der Waals surface area contributed by atoms with Crippen LogP contribution in [-0.4, -0.2) is 57.7 Å². The zero-order valence-electron chi connectivity index (χ0n) is 23.8. The number of hydrogen-bond donors (Lipinski definition) is 0. The van der Waals surface area contributed by atoms with E-state index < -0.39 is 23.7 Å². The number of allylic oxidation sites excluding steroid dienone is 4. The Morgan fingerprint density at radius 3 is 2.69 bits per heavy atom. The van der Waals surface area contributed by atoms with Crippen LogP contribution in [0, 0.1) is 11.6 Å². The lowest BCUT2D eigenvalue weighted by Gasteiger charge is -2.16. The lowest BCUT2D eigenvalue weighted by Crippen LogP contribution is -2.19. The summed E-state index contributed by atoms with van der Waals surface area (Å²) in [6.07, 6.45) is 7.79. The number of likely N-dealkylation sites (N-methyl/N-ethyl adjacent to an activating group) is 1. The van der Waals surface area contributed by atoms with Crippen molar-refractivity contribution in [1.82, 2.24) is 19.2 Å². The molecule has 1 aliphatic rings. The largest absolute Gasteiger partial charge is 0.463 e. The molecule has 0 amide bonds. The summed E-state index contributed by atoms with van der Waals surface area (Å²) in [4.78, 5) is 29.0. The van der Waals surface area contributed by atoms with Crippen molar-refractivity contribution in [1.29, 1.82) is 0 Å². The fourth-order valence-corrected chi connectivity index (χ4v) is 5.49. The van der Waals surface area contributed by atoms with E-state index in [1.165, 1.54) is 29.0 Å². The molecular formula is C32H30F2N4O4. The number of carbonyl (C=O) groups is 2. The Labute approximate surface area is 240 Å². The van der Waals surface area contributed by atoms with Gasteiger partial charge in [-0.3, -0.25) is 9.48 Å². The average Bonchev–Trinajstić information content (AvgIpc) is 3.64. The number of benzene rings is 2. The third-order valence-electron chi connectivity index (χ3n) is 7.42. The van der Waals surface area contributed by atoms with E-state index in [-0.39, 0.29) is 57.6 Å². The summed E-state index contributed by atoms with van der Waals surface area (Å²) in [5.74, 6) is -1.99. The summed E-state index contributed by atoms with van der Waals surface area (Å²) in [5.41, 5.74) is 1.97. The standard InChI is InChI=1S/C32H30F2N4O4/c1-18(2)42-32(40)30-28(22-7-5-6-8-27(22)39)29-26(15-24(34)21-9-12-41-31(21)29)37(30)17-20-13-19-16-35-38(11-10-36(3)4)25(19)14-23(20)33/h5-7,9,12-16,18H,8,10-11,17H2,1-4H3. The van der Waals surface area contributed by atoms with E-state index in [9.17, 15) is 9.59 Å². The maximum absolute atomic E-state index is 15.8. The summed E-state index contributed by atoms with van der Waals surface area (Å²) >= 11 is 0. The summed E-state index contributed by atoms with van der Waals surface area (Å²) in [7, 11) is 3.91. The van der Waals surface area contributed by atoms with Gasteiger partial charge in [0.25, 0.3) is 0 Å². The Bertz CT molecular complexity index is 1940. The molecule has 3 aromatic heterocycles. The smallest absolute Gasteiger partial charge is 0.355 e. The van der Waals surface area contributed by atoms with E-state index in [2.05, 4.69) is 5.10 Å². The highest BCUT2D eigenvalue weighted by Gasteiger charge is 2.32. The van der Waals surface area contributed by atoms with Crippen LogP contribution in [0.5, 0.6) is 0 Å². The third-order valence-corrected chi connectivity index (χ3v) is 7.42. The van der Waals surface area contributed by atoms with Crippen molar-refractivity contribution in [2.24, 2.45) is 0 Å². The molecule has 0 fully saturated rings. The molecule has 0 unspecified atom stereocenters. The molecule has 0 radical (unpaired) electrons. The lowest BCUT2D eigenvalue weighted by molar-refractivity contribution is -0.113. The monoisotopic (exact) mass is 572 g/mol. The van der Waals surface area contributed by atoms with Crippen LogP contribution in [0.3, 0.4) is 0 Å². The van der Waals surface area contributed by atoms with Gasteiger partial charge in [-0.25, -0.2) is 13.6 Å². The average molecular weight is 573 g/mol. The molecule has 5 aromatic rings. The van der Waals surface area contributed by atoms with Crippen LogP contribution in [0.4, 0.5) is 8.78 Å². The molecule has 0 atom stereocenters. The first kappa shape index (κ1) is 27.6. The molecule has 0 N–H and O–H groups in total. The normalized spacial score (nSPS) is 13.8. The van der Waals surface area contributed by atoms with Gasteiger partial charge in [-0.15, -0.1) is 0 Å². The second-order valence-electron chi connectivity index (χ2n) is 11.0. The number of nitrogens with zero attached hydrogens (tertiary/aromatic N) is 4. The third kappa shape index (κ3) is 4.71. The van der Waals surface area contributed by atoms with Gasteiger partial charge in [-0.1, -0.05) is 18.2 Å². The van der Waals surface area contributed by atoms with Gasteiger partial charge in [-0.05, 0) is 46.1 Å². The van der Waals surface area contributed by atoms with Crippen molar-refractivity contribution in [3.8, 4) is 0 Å². The molecule has 2 aromatic carbocycles. The van der Waals surface area contributed by atoms with Gasteiger partial charge in [0.15, 0.2) is 5.78 Å². The van der Waals surface area contributed by atoms with Gasteiger partial charge in [0.1, 0.15) is 22.9 Å². The van der Waals surface area contributed by atoms with Crippen LogP contribution in [0.25, 0.3) is 38.3 Å². The van der Waals surface area contributed by atoms with E-state index in [0.717, 1.165) is 11.9 Å². The van der Waals surface area contributed by atoms with Crippen LogP contribution in [0.1, 0.15) is 41.9 Å². The number of carbonyl (C=O) groups excluding carboxylic acids is 2. The van der Waals surface area contributed by atoms with Gasteiger partial charge in [-0.2, -0.15) is 5.10 Å². The Hall–Kier alpha value is -4.57. The SMILES string of the molecule is CC(C)OC(=O)c1c(C2=CC=CCC2=O)c2c3occc3c(F)cc2n1Cc1cc2cnn(CCN(C)C)c2cc1F. The number of fused-ring (bicyclic) bond motifs is 4. The highest BCUT2D eigenvalue weighted by atomic mass is 19.1. The summed E-state index contributed by atoms with van der Waals surface area (Å²) in [5, 5.41) is 5.75. The maximum atomic E-state index is 15.8. The summed E-state index contributed by atoms with van der Waals surface area (Å²) < 4.78 is 45.8. The quantitative estimate of drug-likeness (QED) is 0.209. The van der Waals surface area contributed by atoms with Crippen LogP contribution in [0.2, 0.25) is 0 Å². The van der Waals surface area contributed by atoms with Gasteiger partial charge in [0.05, 0.1) is 53.5 Å². The molecule has 3 heterocycles. The highest BCUT2D eigenvalue weighted by Crippen LogP contribution is 2.41. The van der Waals surface area contributed by atoms with Gasteiger partial charge >= 0.3 is 5.97 Å². The van der Waals surface area contributed by atoms with E-state index in [1.54, 1.807) is 49.0 Å². The van der Waals surface area contributed by atoms with Gasteiger partial charge in [0, 0.05) is 41.1 Å². The van der Waals surface area contributed by atoms with Crippen LogP contribution < -0.4 is 0 Å². The fourth-order valence-electron chi connectivity index (χ4n) is 5.49. The Balaban J connectivity index is 1.61. The zero-order valence-corrected chi connectivity index (χ0v) is 23.8. The molecule has 10 heteroatoms. The molecule has 6 rings (SSSR count). The van der Waals surface area contributed by atoms with Crippen LogP contribution >= 0.6 is 0 Å². The predicted molar refractivity (Wildman–Crippen MR) is 156 cm³/mol. The van der Waals surface area contributed by atoms with Crippen LogP contribution in [-0.2, 0) is 22.6 Å². The van der Waals surface area contributed by atoms with Crippen molar-refractivity contribution in [2.45, 2.75) is 39.5 Å². The number of furan rings is 1. The highest BCUT2D eigenvalue weighted by molar-refractivity contribution is 6.29. The molecule has 0 spiro atoms. The lowest BCUT2D eigenvalue weighted by atomic mass is 9.93. The number of aromatic nitrogens is 3. The Morgan fingerprint density at radius 1 is 1.17 bits per heavy atom. The number of Topliss-reactive ketones (excluding diaryl/α,β-unsaturated/α-hetero) is 1. The number of ether oxygens (including phenoxy) is 1. The predicted octanol–water partition coefficient (Wildman–Crippen LogP) is 6.10. The number of halogens is 2. The first-order valence-corrected chi connectivity index (χ1v) is 13.8. The molecular weight excluding hydrogens is 542 g/mol. The molecule has 0 saturated heterocycles. The molecule has 0 aliphatic heterocycles. The molecule has 42 heavy (non-hydrogen) atoms. The molecule has 0 saturated carbocycles. The topological polar surface area (TPSA) is 82.5 Å². The maximum Gasteiger partial charge on any atom is 0.355 e. The van der Waals surface area contributed by atoms with Crippen molar-refractivity contribution in [3.05, 3.63) is 83.4 Å². The fraction of sp³-hybridized carbons (Fsp3) is 0.281. The van der Waals surface area contributed by atoms with E-state index in [4.69, 9.17) is 9.15 Å². The van der Waals surface area contributed by atoms with E-state index >= 15 is 8.78 Å².